The fourth-order valence-electron chi connectivity index (χ4n) is 1.27. The van der Waals surface area contributed by atoms with Gasteiger partial charge in [0.1, 0.15) is 5.75 Å². The first-order valence-electron chi connectivity index (χ1n) is 3.75. The van der Waals surface area contributed by atoms with Gasteiger partial charge in [-0.25, -0.2) is 0 Å². The molecule has 0 unspecified atom stereocenters. The fraction of sp³-hybridized carbons (Fsp3) is 0.222. The minimum atomic E-state index is -0.144. The van der Waals surface area contributed by atoms with Crippen LogP contribution in [0.15, 0.2) is 22.7 Å². The molecule has 12 heavy (non-hydrogen) atoms. The van der Waals surface area contributed by atoms with Gasteiger partial charge in [-0.05, 0) is 34.0 Å². The summed E-state index contributed by atoms with van der Waals surface area (Å²) >= 11 is 3.33. The SMILES string of the molecule is O=C1CCc2cccc(Br)c2O1. The van der Waals surface area contributed by atoms with E-state index < -0.39 is 0 Å². The molecule has 1 aliphatic heterocycles. The molecule has 0 spiro atoms. The summed E-state index contributed by atoms with van der Waals surface area (Å²) < 4.78 is 5.93. The number of benzene rings is 1. The van der Waals surface area contributed by atoms with E-state index in [4.69, 9.17) is 4.74 Å². The second kappa shape index (κ2) is 2.90. The summed E-state index contributed by atoms with van der Waals surface area (Å²) in [6.07, 6.45) is 1.27. The van der Waals surface area contributed by atoms with Crippen LogP contribution in [0.1, 0.15) is 12.0 Å². The van der Waals surface area contributed by atoms with E-state index in [0.29, 0.717) is 12.2 Å². The van der Waals surface area contributed by atoms with Gasteiger partial charge >= 0.3 is 5.97 Å². The minimum absolute atomic E-state index is 0.144. The molecule has 0 radical (unpaired) electrons. The number of fused-ring (bicyclic) bond motifs is 1. The topological polar surface area (TPSA) is 26.3 Å². The molecule has 62 valence electrons. The molecule has 1 aromatic carbocycles. The van der Waals surface area contributed by atoms with Crippen LogP contribution in [0.2, 0.25) is 0 Å². The van der Waals surface area contributed by atoms with Gasteiger partial charge in [0.15, 0.2) is 0 Å². The van der Waals surface area contributed by atoms with Crippen LogP contribution in [0.5, 0.6) is 5.75 Å². The molecule has 2 nitrogen and oxygen atoms in total. The van der Waals surface area contributed by atoms with E-state index in [-0.39, 0.29) is 5.97 Å². The van der Waals surface area contributed by atoms with Crippen LogP contribution >= 0.6 is 15.9 Å². The van der Waals surface area contributed by atoms with Crippen LogP contribution in [0.3, 0.4) is 0 Å². The van der Waals surface area contributed by atoms with Crippen molar-refractivity contribution in [2.24, 2.45) is 0 Å². The van der Waals surface area contributed by atoms with Gasteiger partial charge in [-0.3, -0.25) is 4.79 Å². The lowest BCUT2D eigenvalue weighted by Crippen LogP contribution is -2.15. The van der Waals surface area contributed by atoms with E-state index in [1.54, 1.807) is 0 Å². The number of rotatable bonds is 0. The van der Waals surface area contributed by atoms with E-state index in [1.807, 2.05) is 18.2 Å². The molecule has 0 atom stereocenters. The monoisotopic (exact) mass is 226 g/mol. The third-order valence-electron chi connectivity index (χ3n) is 1.86. The molecule has 1 heterocycles. The van der Waals surface area contributed by atoms with Gasteiger partial charge in [0.2, 0.25) is 0 Å². The number of para-hydroxylation sites is 1. The van der Waals surface area contributed by atoms with Gasteiger partial charge < -0.3 is 4.74 Å². The molecule has 0 aromatic heterocycles. The highest BCUT2D eigenvalue weighted by Crippen LogP contribution is 2.32. The summed E-state index contributed by atoms with van der Waals surface area (Å²) in [7, 11) is 0. The second-order valence-electron chi connectivity index (χ2n) is 2.70. The smallest absolute Gasteiger partial charge is 0.311 e. The van der Waals surface area contributed by atoms with E-state index in [9.17, 15) is 4.79 Å². The highest BCUT2D eigenvalue weighted by molar-refractivity contribution is 9.10. The van der Waals surface area contributed by atoms with E-state index in [2.05, 4.69) is 15.9 Å². The molecule has 1 aliphatic rings. The van der Waals surface area contributed by atoms with Crippen molar-refractivity contribution < 1.29 is 9.53 Å². The normalized spacial score (nSPS) is 15.2. The van der Waals surface area contributed by atoms with E-state index in [0.717, 1.165) is 16.5 Å². The molecule has 2 rings (SSSR count). The van der Waals surface area contributed by atoms with Gasteiger partial charge in [-0.1, -0.05) is 12.1 Å². The summed E-state index contributed by atoms with van der Waals surface area (Å²) in [5.74, 6) is 0.545. The summed E-state index contributed by atoms with van der Waals surface area (Å²) in [6, 6.07) is 5.80. The van der Waals surface area contributed by atoms with Crippen molar-refractivity contribution in [2.75, 3.05) is 0 Å². The predicted molar refractivity (Wildman–Crippen MR) is 48.1 cm³/mol. The molecule has 0 saturated carbocycles. The molecule has 0 bridgehead atoms. The number of ether oxygens (including phenoxy) is 1. The maximum Gasteiger partial charge on any atom is 0.311 e. The van der Waals surface area contributed by atoms with Crippen molar-refractivity contribution in [2.45, 2.75) is 12.8 Å². The van der Waals surface area contributed by atoms with Gasteiger partial charge in [-0.2, -0.15) is 0 Å². The molecule has 0 N–H and O–H groups in total. The van der Waals surface area contributed by atoms with Crippen molar-refractivity contribution in [1.29, 1.82) is 0 Å². The number of carbonyl (C=O) groups is 1. The Hall–Kier alpha value is -0.830. The number of hydrogen-bond acceptors (Lipinski definition) is 2. The predicted octanol–water partition coefficient (Wildman–Crippen LogP) is 2.30. The van der Waals surface area contributed by atoms with Crippen LogP contribution in [0.25, 0.3) is 0 Å². The number of esters is 1. The lowest BCUT2D eigenvalue weighted by Gasteiger charge is -2.15. The second-order valence-corrected chi connectivity index (χ2v) is 3.56. The van der Waals surface area contributed by atoms with Crippen LogP contribution < -0.4 is 4.74 Å². The van der Waals surface area contributed by atoms with Gasteiger partial charge in [0.25, 0.3) is 0 Å². The van der Waals surface area contributed by atoms with Crippen LogP contribution in [0.4, 0.5) is 0 Å². The van der Waals surface area contributed by atoms with Crippen molar-refractivity contribution in [3.05, 3.63) is 28.2 Å². The van der Waals surface area contributed by atoms with Crippen molar-refractivity contribution in [3.8, 4) is 5.75 Å². The molecule has 1 aromatic rings. The largest absolute Gasteiger partial charge is 0.425 e. The fourth-order valence-corrected chi connectivity index (χ4v) is 1.75. The third-order valence-corrected chi connectivity index (χ3v) is 2.49. The standard InChI is InChI=1S/C9H7BrO2/c10-7-3-1-2-6-4-5-8(11)12-9(6)7/h1-3H,4-5H2. The summed E-state index contributed by atoms with van der Waals surface area (Å²) in [5, 5.41) is 0. The van der Waals surface area contributed by atoms with Crippen molar-refractivity contribution >= 4 is 21.9 Å². The number of hydrogen-bond donors (Lipinski definition) is 0. The zero-order valence-electron chi connectivity index (χ0n) is 6.34. The molecule has 0 aliphatic carbocycles. The first-order chi connectivity index (χ1) is 5.77. The zero-order valence-corrected chi connectivity index (χ0v) is 7.93. The van der Waals surface area contributed by atoms with Crippen LogP contribution in [-0.2, 0) is 11.2 Å². The average molecular weight is 227 g/mol. The summed E-state index contributed by atoms with van der Waals surface area (Å²) in [4.78, 5) is 10.9. The molecule has 0 saturated heterocycles. The van der Waals surface area contributed by atoms with E-state index in [1.165, 1.54) is 0 Å². The Bertz CT molecular complexity index is 333. The van der Waals surface area contributed by atoms with Gasteiger partial charge in [0, 0.05) is 0 Å². The Balaban J connectivity index is 2.50. The third kappa shape index (κ3) is 1.25. The number of carbonyl (C=O) groups excluding carboxylic acids is 1. The Morgan fingerprint density at radius 3 is 3.00 bits per heavy atom. The van der Waals surface area contributed by atoms with Crippen molar-refractivity contribution in [3.63, 3.8) is 0 Å². The number of aryl methyl sites for hydroxylation is 1. The maximum absolute atomic E-state index is 10.9. The molecule has 3 heteroatoms. The zero-order chi connectivity index (χ0) is 8.55. The lowest BCUT2D eigenvalue weighted by atomic mass is 10.1. The highest BCUT2D eigenvalue weighted by Gasteiger charge is 2.18. The molecular weight excluding hydrogens is 220 g/mol. The number of halogens is 1. The molecule has 0 amide bonds. The lowest BCUT2D eigenvalue weighted by molar-refractivity contribution is -0.135. The quantitative estimate of drug-likeness (QED) is 0.502. The minimum Gasteiger partial charge on any atom is -0.425 e. The Morgan fingerprint density at radius 1 is 1.33 bits per heavy atom. The Morgan fingerprint density at radius 2 is 2.17 bits per heavy atom. The van der Waals surface area contributed by atoms with Crippen LogP contribution in [-0.4, -0.2) is 5.97 Å². The van der Waals surface area contributed by atoms with Crippen molar-refractivity contribution in [1.82, 2.24) is 0 Å². The Kier molecular flexibility index (Phi) is 1.89. The van der Waals surface area contributed by atoms with Gasteiger partial charge in [0.05, 0.1) is 10.9 Å². The molecule has 0 fully saturated rings. The Labute approximate surface area is 78.7 Å². The van der Waals surface area contributed by atoms with Gasteiger partial charge in [-0.15, -0.1) is 0 Å². The summed E-state index contributed by atoms with van der Waals surface area (Å²) in [6.45, 7) is 0. The summed E-state index contributed by atoms with van der Waals surface area (Å²) in [5.41, 5.74) is 1.10. The average Bonchev–Trinajstić information content (AvgIpc) is 2.07. The molecular formula is C9H7BrO2. The van der Waals surface area contributed by atoms with E-state index >= 15 is 0 Å². The maximum atomic E-state index is 10.9. The highest BCUT2D eigenvalue weighted by atomic mass is 79.9. The first-order valence-corrected chi connectivity index (χ1v) is 4.55. The van der Waals surface area contributed by atoms with Crippen LogP contribution in [0, 0.1) is 0 Å². The first kappa shape index (κ1) is 7.80.